The van der Waals surface area contributed by atoms with E-state index in [9.17, 15) is 9.50 Å². The zero-order valence-corrected chi connectivity index (χ0v) is 10.2. The van der Waals surface area contributed by atoms with Crippen molar-refractivity contribution in [2.24, 2.45) is 5.92 Å². The number of halogens is 1. The molecule has 3 rings (SSSR count). The van der Waals surface area contributed by atoms with Crippen molar-refractivity contribution in [3.05, 3.63) is 29.8 Å². The number of rotatable bonds is 3. The third kappa shape index (κ3) is 2.58. The standard InChI is InChI=1S/C13H13FN2O3/c14-9-1-2-10(11(17)6-9)13-15-12(16-19-13)5-8-3-4-18-7-8/h1-2,6,8,17H,3-5,7H2. The van der Waals surface area contributed by atoms with Crippen LogP contribution in [0.2, 0.25) is 0 Å². The van der Waals surface area contributed by atoms with E-state index in [2.05, 4.69) is 10.1 Å². The quantitative estimate of drug-likeness (QED) is 0.920. The lowest BCUT2D eigenvalue weighted by Gasteiger charge is -2.01. The van der Waals surface area contributed by atoms with Crippen LogP contribution in [0, 0.1) is 11.7 Å². The largest absolute Gasteiger partial charge is 0.507 e. The molecule has 2 heterocycles. The molecule has 5 nitrogen and oxygen atoms in total. The first-order valence-electron chi connectivity index (χ1n) is 6.11. The van der Waals surface area contributed by atoms with E-state index in [0.29, 0.717) is 30.3 Å². The molecule has 1 aromatic heterocycles. The highest BCUT2D eigenvalue weighted by Gasteiger charge is 2.20. The molecule has 0 spiro atoms. The number of aromatic hydroxyl groups is 1. The molecule has 1 aliphatic rings. The number of hydrogen-bond donors (Lipinski definition) is 1. The van der Waals surface area contributed by atoms with Crippen LogP contribution in [-0.4, -0.2) is 28.5 Å². The van der Waals surface area contributed by atoms with Crippen LogP contribution < -0.4 is 0 Å². The Labute approximate surface area is 109 Å². The zero-order valence-electron chi connectivity index (χ0n) is 10.2. The van der Waals surface area contributed by atoms with Gasteiger partial charge in [-0.15, -0.1) is 0 Å². The van der Waals surface area contributed by atoms with Gasteiger partial charge in [0.2, 0.25) is 0 Å². The van der Waals surface area contributed by atoms with Crippen LogP contribution in [0.5, 0.6) is 5.75 Å². The summed E-state index contributed by atoms with van der Waals surface area (Å²) in [4.78, 5) is 4.22. The molecule has 0 radical (unpaired) electrons. The molecule has 1 unspecified atom stereocenters. The average molecular weight is 264 g/mol. The number of nitrogens with zero attached hydrogens (tertiary/aromatic N) is 2. The van der Waals surface area contributed by atoms with E-state index in [-0.39, 0.29) is 11.6 Å². The van der Waals surface area contributed by atoms with Crippen molar-refractivity contribution in [2.75, 3.05) is 13.2 Å². The molecule has 1 saturated heterocycles. The van der Waals surface area contributed by atoms with Gasteiger partial charge in [-0.25, -0.2) is 4.39 Å². The van der Waals surface area contributed by atoms with Gasteiger partial charge in [0, 0.05) is 25.7 Å². The van der Waals surface area contributed by atoms with E-state index in [1.54, 1.807) is 0 Å². The molecule has 0 bridgehead atoms. The highest BCUT2D eigenvalue weighted by molar-refractivity contribution is 5.61. The second kappa shape index (κ2) is 4.97. The van der Waals surface area contributed by atoms with Crippen molar-refractivity contribution in [3.8, 4) is 17.2 Å². The minimum atomic E-state index is -0.510. The Morgan fingerprint density at radius 1 is 1.42 bits per heavy atom. The van der Waals surface area contributed by atoms with Gasteiger partial charge < -0.3 is 14.4 Å². The van der Waals surface area contributed by atoms with E-state index in [1.807, 2.05) is 0 Å². The highest BCUT2D eigenvalue weighted by atomic mass is 19.1. The first-order valence-corrected chi connectivity index (χ1v) is 6.11. The zero-order chi connectivity index (χ0) is 13.2. The SMILES string of the molecule is Oc1cc(F)ccc1-c1nc(CC2CCOC2)no1. The van der Waals surface area contributed by atoms with Gasteiger partial charge in [-0.3, -0.25) is 0 Å². The molecule has 6 heteroatoms. The Kier molecular flexibility index (Phi) is 3.16. The fourth-order valence-electron chi connectivity index (χ4n) is 2.13. The number of hydrogen-bond acceptors (Lipinski definition) is 5. The summed E-state index contributed by atoms with van der Waals surface area (Å²) < 4.78 is 23.3. The molecule has 19 heavy (non-hydrogen) atoms. The van der Waals surface area contributed by atoms with Crippen molar-refractivity contribution in [3.63, 3.8) is 0 Å². The fraction of sp³-hybridized carbons (Fsp3) is 0.385. The van der Waals surface area contributed by atoms with Crippen LogP contribution in [0.1, 0.15) is 12.2 Å². The Bertz CT molecular complexity index is 579. The van der Waals surface area contributed by atoms with Crippen molar-refractivity contribution < 1.29 is 18.8 Å². The maximum atomic E-state index is 12.9. The second-order valence-electron chi connectivity index (χ2n) is 4.61. The van der Waals surface area contributed by atoms with Gasteiger partial charge in [0.05, 0.1) is 5.56 Å². The lowest BCUT2D eigenvalue weighted by molar-refractivity contribution is 0.185. The first kappa shape index (κ1) is 12.1. The van der Waals surface area contributed by atoms with Crippen LogP contribution in [-0.2, 0) is 11.2 Å². The molecule has 1 atom stereocenters. The summed E-state index contributed by atoms with van der Waals surface area (Å²) in [6.45, 7) is 1.49. The molecule has 1 aliphatic heterocycles. The monoisotopic (exact) mass is 264 g/mol. The minimum Gasteiger partial charge on any atom is -0.507 e. The molecule has 100 valence electrons. The number of benzene rings is 1. The van der Waals surface area contributed by atoms with Crippen molar-refractivity contribution in [2.45, 2.75) is 12.8 Å². The van der Waals surface area contributed by atoms with Gasteiger partial charge in [-0.2, -0.15) is 4.98 Å². The van der Waals surface area contributed by atoms with Gasteiger partial charge in [-0.1, -0.05) is 5.16 Å². The predicted octanol–water partition coefficient (Wildman–Crippen LogP) is 2.16. The molecule has 0 aliphatic carbocycles. The summed E-state index contributed by atoms with van der Waals surface area (Å²) in [7, 11) is 0. The van der Waals surface area contributed by atoms with Crippen LogP contribution in [0.3, 0.4) is 0 Å². The van der Waals surface area contributed by atoms with Gasteiger partial charge in [-0.05, 0) is 24.5 Å². The Balaban J connectivity index is 1.80. The summed E-state index contributed by atoms with van der Waals surface area (Å²) in [5.74, 6) is 0.469. The number of phenols is 1. The normalized spacial score (nSPS) is 18.9. The Morgan fingerprint density at radius 2 is 2.32 bits per heavy atom. The molecule has 0 saturated carbocycles. The molecular formula is C13H13FN2O3. The second-order valence-corrected chi connectivity index (χ2v) is 4.61. The van der Waals surface area contributed by atoms with Crippen LogP contribution in [0.4, 0.5) is 4.39 Å². The molecule has 0 amide bonds. The third-order valence-corrected chi connectivity index (χ3v) is 3.15. The van der Waals surface area contributed by atoms with E-state index in [1.165, 1.54) is 12.1 Å². The summed E-state index contributed by atoms with van der Waals surface area (Å²) >= 11 is 0. The maximum Gasteiger partial charge on any atom is 0.261 e. The van der Waals surface area contributed by atoms with E-state index in [4.69, 9.17) is 9.26 Å². The first-order chi connectivity index (χ1) is 9.22. The molecule has 2 aromatic rings. The van der Waals surface area contributed by atoms with Crippen molar-refractivity contribution >= 4 is 0 Å². The number of aromatic nitrogens is 2. The van der Waals surface area contributed by atoms with Gasteiger partial charge >= 0.3 is 0 Å². The highest BCUT2D eigenvalue weighted by Crippen LogP contribution is 2.28. The molecule has 1 fully saturated rings. The summed E-state index contributed by atoms with van der Waals surface area (Å²) in [5, 5.41) is 13.5. The van der Waals surface area contributed by atoms with Gasteiger partial charge in [0.1, 0.15) is 11.6 Å². The van der Waals surface area contributed by atoms with Gasteiger partial charge in [0.25, 0.3) is 5.89 Å². The van der Waals surface area contributed by atoms with Crippen LogP contribution in [0.25, 0.3) is 11.5 Å². The minimum absolute atomic E-state index is 0.200. The average Bonchev–Trinajstić information content (AvgIpc) is 3.01. The summed E-state index contributed by atoms with van der Waals surface area (Å²) in [6, 6.07) is 3.67. The predicted molar refractivity (Wildman–Crippen MR) is 64.0 cm³/mol. The Morgan fingerprint density at radius 3 is 3.05 bits per heavy atom. The van der Waals surface area contributed by atoms with Crippen molar-refractivity contribution in [1.29, 1.82) is 0 Å². The lowest BCUT2D eigenvalue weighted by atomic mass is 10.1. The summed E-state index contributed by atoms with van der Waals surface area (Å²) in [6.07, 6.45) is 1.68. The van der Waals surface area contributed by atoms with Crippen molar-refractivity contribution in [1.82, 2.24) is 10.1 Å². The molecular weight excluding hydrogens is 251 g/mol. The van der Waals surface area contributed by atoms with E-state index >= 15 is 0 Å². The van der Waals surface area contributed by atoms with E-state index < -0.39 is 5.82 Å². The smallest absolute Gasteiger partial charge is 0.261 e. The van der Waals surface area contributed by atoms with Gasteiger partial charge in [0.15, 0.2) is 5.82 Å². The van der Waals surface area contributed by atoms with E-state index in [0.717, 1.165) is 19.1 Å². The third-order valence-electron chi connectivity index (χ3n) is 3.15. The molecule has 1 aromatic carbocycles. The van der Waals surface area contributed by atoms with Crippen LogP contribution in [0.15, 0.2) is 22.7 Å². The topological polar surface area (TPSA) is 68.4 Å². The molecule has 1 N–H and O–H groups in total. The van der Waals surface area contributed by atoms with Crippen LogP contribution >= 0.6 is 0 Å². The lowest BCUT2D eigenvalue weighted by Crippen LogP contribution is -2.04. The number of phenolic OH excluding ortho intramolecular Hbond substituents is 1. The Hall–Kier alpha value is -1.95. The summed E-state index contributed by atoms with van der Waals surface area (Å²) in [5.41, 5.74) is 0.336. The number of ether oxygens (including phenoxy) is 1. The maximum absolute atomic E-state index is 12.9. The fourth-order valence-corrected chi connectivity index (χ4v) is 2.13.